The lowest BCUT2D eigenvalue weighted by molar-refractivity contribution is 0.470. The van der Waals surface area contributed by atoms with Crippen LogP contribution in [-0.4, -0.2) is 6.54 Å². The van der Waals surface area contributed by atoms with Crippen LogP contribution < -0.4 is 5.32 Å². The van der Waals surface area contributed by atoms with Gasteiger partial charge in [-0.25, -0.2) is 0 Å². The van der Waals surface area contributed by atoms with Gasteiger partial charge in [-0.3, -0.25) is 0 Å². The average molecular weight is 217 g/mol. The van der Waals surface area contributed by atoms with Crippen molar-refractivity contribution < 1.29 is 0 Å². The smallest absolute Gasteiger partial charge is 0.0320 e. The van der Waals surface area contributed by atoms with Crippen molar-refractivity contribution in [3.63, 3.8) is 0 Å². The molecule has 0 saturated heterocycles. The van der Waals surface area contributed by atoms with Crippen LogP contribution >= 0.6 is 0 Å². The molecular formula is C15H23N. The summed E-state index contributed by atoms with van der Waals surface area (Å²) in [5.74, 6) is 1.04. The predicted octanol–water partition coefficient (Wildman–Crippen LogP) is 3.92. The van der Waals surface area contributed by atoms with Gasteiger partial charge in [-0.2, -0.15) is 0 Å². The molecule has 1 fully saturated rings. The number of hydrogen-bond acceptors (Lipinski definition) is 1. The topological polar surface area (TPSA) is 12.0 Å². The summed E-state index contributed by atoms with van der Waals surface area (Å²) in [5.41, 5.74) is 1.46. The van der Waals surface area contributed by atoms with Gasteiger partial charge in [-0.15, -0.1) is 0 Å². The van der Waals surface area contributed by atoms with Gasteiger partial charge >= 0.3 is 0 Å². The van der Waals surface area contributed by atoms with Crippen LogP contribution in [0, 0.1) is 5.92 Å². The van der Waals surface area contributed by atoms with E-state index in [2.05, 4.69) is 42.6 Å². The number of rotatable bonds is 7. The van der Waals surface area contributed by atoms with E-state index in [9.17, 15) is 0 Å². The highest BCUT2D eigenvalue weighted by Gasteiger charge is 2.22. The Morgan fingerprint density at radius 3 is 2.62 bits per heavy atom. The maximum absolute atomic E-state index is 3.67. The monoisotopic (exact) mass is 217 g/mol. The van der Waals surface area contributed by atoms with Crippen LogP contribution in [-0.2, 0) is 0 Å². The van der Waals surface area contributed by atoms with Crippen LogP contribution in [0.3, 0.4) is 0 Å². The number of hydrogen-bond donors (Lipinski definition) is 1. The summed E-state index contributed by atoms with van der Waals surface area (Å²) in [4.78, 5) is 0. The molecule has 16 heavy (non-hydrogen) atoms. The van der Waals surface area contributed by atoms with Gasteiger partial charge in [0.15, 0.2) is 0 Å². The molecule has 1 aromatic rings. The van der Waals surface area contributed by atoms with Gasteiger partial charge in [0, 0.05) is 6.04 Å². The lowest BCUT2D eigenvalue weighted by Gasteiger charge is -2.18. The maximum Gasteiger partial charge on any atom is 0.0320 e. The van der Waals surface area contributed by atoms with Crippen LogP contribution in [0.15, 0.2) is 30.3 Å². The van der Waals surface area contributed by atoms with Crippen molar-refractivity contribution in [2.45, 2.75) is 45.1 Å². The molecular weight excluding hydrogens is 194 g/mol. The molecule has 2 rings (SSSR count). The standard InChI is InChI=1S/C15H23N/c1-2-12-16-15(11-10-13-8-9-13)14-6-4-3-5-7-14/h3-7,13,15-16H,2,8-12H2,1H3. The summed E-state index contributed by atoms with van der Waals surface area (Å²) < 4.78 is 0. The van der Waals surface area contributed by atoms with E-state index in [1.54, 1.807) is 0 Å². The first-order valence-electron chi connectivity index (χ1n) is 6.68. The fourth-order valence-corrected chi connectivity index (χ4v) is 2.20. The third-order valence-electron chi connectivity index (χ3n) is 3.40. The molecule has 1 aliphatic rings. The minimum Gasteiger partial charge on any atom is -0.310 e. The number of nitrogens with one attached hydrogen (secondary N) is 1. The zero-order chi connectivity index (χ0) is 11.2. The minimum absolute atomic E-state index is 0.571. The Kier molecular flexibility index (Phi) is 4.41. The van der Waals surface area contributed by atoms with Crippen LogP contribution in [0.4, 0.5) is 0 Å². The summed E-state index contributed by atoms with van der Waals surface area (Å²) >= 11 is 0. The SMILES string of the molecule is CCCNC(CCC1CC1)c1ccccc1. The largest absolute Gasteiger partial charge is 0.310 e. The van der Waals surface area contributed by atoms with Crippen molar-refractivity contribution in [1.29, 1.82) is 0 Å². The molecule has 88 valence electrons. The fraction of sp³-hybridized carbons (Fsp3) is 0.600. The molecule has 0 heterocycles. The Bertz CT molecular complexity index is 290. The van der Waals surface area contributed by atoms with Gasteiger partial charge in [0.1, 0.15) is 0 Å². The van der Waals surface area contributed by atoms with Gasteiger partial charge in [0.25, 0.3) is 0 Å². The molecule has 1 nitrogen and oxygen atoms in total. The maximum atomic E-state index is 3.67. The highest BCUT2D eigenvalue weighted by atomic mass is 14.9. The lowest BCUT2D eigenvalue weighted by Crippen LogP contribution is -2.22. The molecule has 0 aliphatic heterocycles. The highest BCUT2D eigenvalue weighted by molar-refractivity contribution is 5.18. The van der Waals surface area contributed by atoms with Gasteiger partial charge in [-0.05, 0) is 37.3 Å². The zero-order valence-corrected chi connectivity index (χ0v) is 10.3. The quantitative estimate of drug-likeness (QED) is 0.730. The van der Waals surface area contributed by atoms with Gasteiger partial charge in [0.2, 0.25) is 0 Å². The van der Waals surface area contributed by atoms with E-state index in [1.165, 1.54) is 37.7 Å². The summed E-state index contributed by atoms with van der Waals surface area (Å²) in [7, 11) is 0. The second-order valence-electron chi connectivity index (χ2n) is 4.94. The average Bonchev–Trinajstić information content (AvgIpc) is 3.14. The number of benzene rings is 1. The molecule has 0 bridgehead atoms. The Morgan fingerprint density at radius 2 is 2.00 bits per heavy atom. The molecule has 0 amide bonds. The third-order valence-corrected chi connectivity index (χ3v) is 3.40. The van der Waals surface area contributed by atoms with Gasteiger partial charge in [-0.1, -0.05) is 50.1 Å². The van der Waals surface area contributed by atoms with Gasteiger partial charge < -0.3 is 5.32 Å². The molecule has 1 unspecified atom stereocenters. The third kappa shape index (κ3) is 3.64. The Hall–Kier alpha value is -0.820. The second kappa shape index (κ2) is 6.05. The normalized spacial score (nSPS) is 17.3. The molecule has 1 atom stereocenters. The molecule has 1 heteroatoms. The van der Waals surface area contributed by atoms with Crippen LogP contribution in [0.25, 0.3) is 0 Å². The van der Waals surface area contributed by atoms with Crippen molar-refractivity contribution in [2.24, 2.45) is 5.92 Å². The Morgan fingerprint density at radius 1 is 1.25 bits per heavy atom. The van der Waals surface area contributed by atoms with Crippen molar-refractivity contribution in [2.75, 3.05) is 6.54 Å². The first-order chi connectivity index (χ1) is 7.90. The van der Waals surface area contributed by atoms with E-state index in [-0.39, 0.29) is 0 Å². The summed E-state index contributed by atoms with van der Waals surface area (Å²) in [5, 5.41) is 3.67. The van der Waals surface area contributed by atoms with E-state index >= 15 is 0 Å². The molecule has 1 aromatic carbocycles. The molecule has 1 N–H and O–H groups in total. The van der Waals surface area contributed by atoms with E-state index < -0.39 is 0 Å². The fourth-order valence-electron chi connectivity index (χ4n) is 2.20. The first-order valence-corrected chi connectivity index (χ1v) is 6.68. The Balaban J connectivity index is 1.89. The predicted molar refractivity (Wildman–Crippen MR) is 69.4 cm³/mol. The Labute approximate surface area is 99.3 Å². The van der Waals surface area contributed by atoms with Crippen molar-refractivity contribution in [1.82, 2.24) is 5.32 Å². The van der Waals surface area contributed by atoms with Crippen molar-refractivity contribution >= 4 is 0 Å². The summed E-state index contributed by atoms with van der Waals surface area (Å²) in [6.07, 6.45) is 6.85. The molecule has 0 spiro atoms. The van der Waals surface area contributed by atoms with E-state index in [0.717, 1.165) is 12.5 Å². The summed E-state index contributed by atoms with van der Waals surface area (Å²) in [6.45, 7) is 3.36. The first kappa shape index (κ1) is 11.7. The zero-order valence-electron chi connectivity index (χ0n) is 10.3. The molecule has 0 aromatic heterocycles. The van der Waals surface area contributed by atoms with Crippen molar-refractivity contribution in [3.05, 3.63) is 35.9 Å². The van der Waals surface area contributed by atoms with E-state index in [1.807, 2.05) is 0 Å². The molecule has 1 saturated carbocycles. The summed E-state index contributed by atoms with van der Waals surface area (Å²) in [6, 6.07) is 11.5. The van der Waals surface area contributed by atoms with Crippen molar-refractivity contribution in [3.8, 4) is 0 Å². The van der Waals surface area contributed by atoms with E-state index in [4.69, 9.17) is 0 Å². The van der Waals surface area contributed by atoms with Crippen LogP contribution in [0.1, 0.15) is 50.6 Å². The van der Waals surface area contributed by atoms with Crippen LogP contribution in [0.5, 0.6) is 0 Å². The minimum atomic E-state index is 0.571. The van der Waals surface area contributed by atoms with Gasteiger partial charge in [0.05, 0.1) is 0 Å². The molecule has 0 radical (unpaired) electrons. The highest BCUT2D eigenvalue weighted by Crippen LogP contribution is 2.35. The van der Waals surface area contributed by atoms with Crippen LogP contribution in [0.2, 0.25) is 0 Å². The lowest BCUT2D eigenvalue weighted by atomic mass is 10.0. The molecule has 1 aliphatic carbocycles. The van der Waals surface area contributed by atoms with E-state index in [0.29, 0.717) is 6.04 Å². The second-order valence-corrected chi connectivity index (χ2v) is 4.94.